The molecule has 0 bridgehead atoms. The molecule has 1 aliphatic heterocycles. The molecular weight excluding hydrogens is 313 g/mol. The SMILES string of the molecule is Cc1nc(CS(=O)(=O)OC2CNC2)ccc1OC(F)(F)F. The first-order chi connectivity index (χ1) is 9.65. The fraction of sp³-hybridized carbons (Fsp3) is 0.545. The number of alkyl halides is 3. The Kier molecular flexibility index (Phi) is 4.40. The second-order valence-electron chi connectivity index (χ2n) is 4.51. The Morgan fingerprint density at radius 3 is 2.52 bits per heavy atom. The Morgan fingerprint density at radius 1 is 1.38 bits per heavy atom. The van der Waals surface area contributed by atoms with E-state index in [1.807, 2.05) is 0 Å². The third-order valence-electron chi connectivity index (χ3n) is 2.67. The van der Waals surface area contributed by atoms with Gasteiger partial charge in [-0.25, -0.2) is 0 Å². The van der Waals surface area contributed by atoms with E-state index in [1.54, 1.807) is 0 Å². The average molecular weight is 326 g/mol. The van der Waals surface area contributed by atoms with E-state index in [0.29, 0.717) is 13.1 Å². The van der Waals surface area contributed by atoms with Crippen LogP contribution in [0, 0.1) is 6.92 Å². The third-order valence-corrected chi connectivity index (χ3v) is 3.89. The van der Waals surface area contributed by atoms with Crippen LogP contribution in [0.4, 0.5) is 13.2 Å². The molecule has 0 aromatic carbocycles. The van der Waals surface area contributed by atoms with Crippen LogP contribution in [0.5, 0.6) is 5.75 Å². The summed E-state index contributed by atoms with van der Waals surface area (Å²) >= 11 is 0. The van der Waals surface area contributed by atoms with E-state index in [1.165, 1.54) is 6.92 Å². The van der Waals surface area contributed by atoms with Crippen molar-refractivity contribution in [2.24, 2.45) is 0 Å². The first kappa shape index (κ1) is 16.0. The van der Waals surface area contributed by atoms with Crippen molar-refractivity contribution in [3.05, 3.63) is 23.5 Å². The van der Waals surface area contributed by atoms with Gasteiger partial charge in [-0.1, -0.05) is 0 Å². The maximum atomic E-state index is 12.1. The second kappa shape index (κ2) is 5.78. The number of ether oxygens (including phenoxy) is 1. The van der Waals surface area contributed by atoms with E-state index in [2.05, 4.69) is 15.0 Å². The third kappa shape index (κ3) is 4.83. The zero-order valence-electron chi connectivity index (χ0n) is 11.0. The molecule has 0 saturated carbocycles. The Labute approximate surface area is 119 Å². The molecule has 1 fully saturated rings. The molecule has 0 amide bonds. The van der Waals surface area contributed by atoms with Crippen LogP contribution in [0.3, 0.4) is 0 Å². The fourth-order valence-electron chi connectivity index (χ4n) is 1.67. The van der Waals surface area contributed by atoms with E-state index >= 15 is 0 Å². The van der Waals surface area contributed by atoms with Crippen molar-refractivity contribution in [3.63, 3.8) is 0 Å². The first-order valence-electron chi connectivity index (χ1n) is 5.98. The highest BCUT2D eigenvalue weighted by atomic mass is 32.2. The highest BCUT2D eigenvalue weighted by molar-refractivity contribution is 7.85. The smallest absolute Gasteiger partial charge is 0.404 e. The number of nitrogens with one attached hydrogen (secondary N) is 1. The number of rotatable bonds is 5. The molecule has 0 aliphatic carbocycles. The molecule has 10 heteroatoms. The molecule has 2 rings (SSSR count). The number of pyridine rings is 1. The zero-order chi connectivity index (χ0) is 15.7. The summed E-state index contributed by atoms with van der Waals surface area (Å²) in [6.07, 6.45) is -5.22. The monoisotopic (exact) mass is 326 g/mol. The number of aromatic nitrogens is 1. The number of hydrogen-bond donors (Lipinski definition) is 1. The lowest BCUT2D eigenvalue weighted by atomic mass is 10.2. The lowest BCUT2D eigenvalue weighted by Gasteiger charge is -2.26. The van der Waals surface area contributed by atoms with E-state index in [-0.39, 0.29) is 11.4 Å². The molecule has 1 aromatic heterocycles. The summed E-state index contributed by atoms with van der Waals surface area (Å²) in [6, 6.07) is 2.19. The predicted molar refractivity (Wildman–Crippen MR) is 66.0 cm³/mol. The molecule has 0 spiro atoms. The maximum Gasteiger partial charge on any atom is 0.573 e. The van der Waals surface area contributed by atoms with Gasteiger partial charge in [0.2, 0.25) is 0 Å². The first-order valence-corrected chi connectivity index (χ1v) is 7.56. The Balaban J connectivity index is 2.05. The zero-order valence-corrected chi connectivity index (χ0v) is 11.8. The number of nitrogens with zero attached hydrogens (tertiary/aromatic N) is 1. The summed E-state index contributed by atoms with van der Waals surface area (Å²) in [4.78, 5) is 3.79. The Bertz CT molecular complexity index is 614. The van der Waals surface area contributed by atoms with Crippen molar-refractivity contribution >= 4 is 10.1 Å². The second-order valence-corrected chi connectivity index (χ2v) is 6.11. The molecule has 2 heterocycles. The van der Waals surface area contributed by atoms with Gasteiger partial charge in [-0.05, 0) is 19.1 Å². The standard InChI is InChI=1S/C11H13F3N2O4S/c1-7-10(19-11(12,13)14)3-2-8(16-7)6-21(17,18)20-9-4-15-5-9/h2-3,9,15H,4-6H2,1H3. The minimum Gasteiger partial charge on any atom is -0.404 e. The van der Waals surface area contributed by atoms with Gasteiger partial charge in [-0.3, -0.25) is 9.17 Å². The van der Waals surface area contributed by atoms with Crippen molar-refractivity contribution in [2.45, 2.75) is 25.1 Å². The van der Waals surface area contributed by atoms with E-state index in [0.717, 1.165) is 12.1 Å². The van der Waals surface area contributed by atoms with Crippen LogP contribution in [-0.2, 0) is 20.1 Å². The minimum absolute atomic E-state index is 0.0506. The molecular formula is C11H13F3N2O4S. The molecule has 0 atom stereocenters. The normalized spacial score (nSPS) is 16.6. The van der Waals surface area contributed by atoms with Crippen LogP contribution in [-0.4, -0.2) is 39.0 Å². The predicted octanol–water partition coefficient (Wildman–Crippen LogP) is 1.11. The quantitative estimate of drug-likeness (QED) is 0.817. The fourth-order valence-corrected chi connectivity index (χ4v) is 2.81. The van der Waals surface area contributed by atoms with Gasteiger partial charge in [0.05, 0.1) is 11.4 Å². The molecule has 1 aromatic rings. The van der Waals surface area contributed by atoms with Gasteiger partial charge >= 0.3 is 6.36 Å². The highest BCUT2D eigenvalue weighted by Gasteiger charge is 2.32. The molecule has 1 N–H and O–H groups in total. The molecule has 0 unspecified atom stereocenters. The largest absolute Gasteiger partial charge is 0.573 e. The van der Waals surface area contributed by atoms with Crippen LogP contribution in [0.2, 0.25) is 0 Å². The summed E-state index contributed by atoms with van der Waals surface area (Å²) in [5.74, 6) is -0.968. The van der Waals surface area contributed by atoms with Crippen molar-refractivity contribution in [2.75, 3.05) is 13.1 Å². The van der Waals surface area contributed by atoms with Crippen LogP contribution < -0.4 is 10.1 Å². The van der Waals surface area contributed by atoms with Gasteiger partial charge in [-0.2, -0.15) is 8.42 Å². The molecule has 118 valence electrons. The van der Waals surface area contributed by atoms with E-state index in [9.17, 15) is 21.6 Å². The summed E-state index contributed by atoms with van der Waals surface area (Å²) in [6.45, 7) is 2.20. The van der Waals surface area contributed by atoms with Gasteiger partial charge in [0, 0.05) is 13.1 Å². The molecule has 0 radical (unpaired) electrons. The Morgan fingerprint density at radius 2 is 2.05 bits per heavy atom. The van der Waals surface area contributed by atoms with Crippen LogP contribution in [0.1, 0.15) is 11.4 Å². The lowest BCUT2D eigenvalue weighted by Crippen LogP contribution is -2.49. The van der Waals surface area contributed by atoms with Gasteiger partial charge in [0.25, 0.3) is 10.1 Å². The summed E-state index contributed by atoms with van der Waals surface area (Å²) in [7, 11) is -3.82. The molecule has 1 aliphatic rings. The summed E-state index contributed by atoms with van der Waals surface area (Å²) in [5, 5.41) is 2.86. The van der Waals surface area contributed by atoms with E-state index < -0.39 is 34.1 Å². The van der Waals surface area contributed by atoms with Crippen molar-refractivity contribution < 1.29 is 30.5 Å². The lowest BCUT2D eigenvalue weighted by molar-refractivity contribution is -0.275. The molecule has 1 saturated heterocycles. The van der Waals surface area contributed by atoms with Gasteiger partial charge in [0.1, 0.15) is 11.9 Å². The van der Waals surface area contributed by atoms with Gasteiger partial charge < -0.3 is 10.1 Å². The number of aryl methyl sites for hydroxylation is 1. The molecule has 6 nitrogen and oxygen atoms in total. The van der Waals surface area contributed by atoms with Crippen LogP contribution in [0.15, 0.2) is 12.1 Å². The van der Waals surface area contributed by atoms with E-state index in [4.69, 9.17) is 4.18 Å². The molecule has 21 heavy (non-hydrogen) atoms. The van der Waals surface area contributed by atoms with Gasteiger partial charge in [-0.15, -0.1) is 13.2 Å². The Hall–Kier alpha value is -1.39. The summed E-state index contributed by atoms with van der Waals surface area (Å²) < 4.78 is 68.4. The van der Waals surface area contributed by atoms with Crippen molar-refractivity contribution in [3.8, 4) is 5.75 Å². The van der Waals surface area contributed by atoms with Crippen LogP contribution >= 0.6 is 0 Å². The summed E-state index contributed by atoms with van der Waals surface area (Å²) in [5.41, 5.74) is 0.0413. The minimum atomic E-state index is -4.82. The number of hydrogen-bond acceptors (Lipinski definition) is 6. The highest BCUT2D eigenvalue weighted by Crippen LogP contribution is 2.25. The van der Waals surface area contributed by atoms with Crippen molar-refractivity contribution in [1.82, 2.24) is 10.3 Å². The van der Waals surface area contributed by atoms with Crippen LogP contribution in [0.25, 0.3) is 0 Å². The van der Waals surface area contributed by atoms with Gasteiger partial charge in [0.15, 0.2) is 5.75 Å². The van der Waals surface area contributed by atoms with Crippen molar-refractivity contribution in [1.29, 1.82) is 0 Å². The maximum absolute atomic E-state index is 12.1. The average Bonchev–Trinajstić information content (AvgIpc) is 2.26. The number of halogens is 3. The topological polar surface area (TPSA) is 77.5 Å².